The molecule has 0 saturated carbocycles. The van der Waals surface area contributed by atoms with Gasteiger partial charge in [-0.05, 0) is 37.3 Å². The molecule has 1 amide bonds. The highest BCUT2D eigenvalue weighted by Crippen LogP contribution is 2.30. The summed E-state index contributed by atoms with van der Waals surface area (Å²) in [5, 5.41) is 2.96. The van der Waals surface area contributed by atoms with Gasteiger partial charge in [0, 0.05) is 11.6 Å². The Morgan fingerprint density at radius 3 is 2.04 bits per heavy atom. The maximum Gasteiger partial charge on any atom is 0.255 e. The zero-order valence-corrected chi connectivity index (χ0v) is 15.1. The highest BCUT2D eigenvalue weighted by Gasteiger charge is 2.19. The molecule has 0 aromatic heterocycles. The number of benzene rings is 2. The highest BCUT2D eigenvalue weighted by molar-refractivity contribution is 5.97. The number of nitrogens with one attached hydrogen (secondary N) is 1. The third kappa shape index (κ3) is 4.15. The first-order valence-electron chi connectivity index (χ1n) is 7.78. The van der Waals surface area contributed by atoms with E-state index in [0.29, 0.717) is 28.6 Å². The number of rotatable bonds is 7. The van der Waals surface area contributed by atoms with E-state index < -0.39 is 0 Å². The van der Waals surface area contributed by atoms with Crippen molar-refractivity contribution in [2.24, 2.45) is 0 Å². The maximum atomic E-state index is 12.7. The van der Waals surface area contributed by atoms with Crippen molar-refractivity contribution in [3.8, 4) is 23.0 Å². The number of carbonyl (C=O) groups excluding carboxylic acids is 1. The third-order valence-electron chi connectivity index (χ3n) is 3.90. The molecule has 0 spiro atoms. The van der Waals surface area contributed by atoms with Gasteiger partial charge in [0.15, 0.2) is 0 Å². The van der Waals surface area contributed by atoms with E-state index in [1.54, 1.807) is 39.5 Å². The normalized spacial score (nSPS) is 11.4. The summed E-state index contributed by atoms with van der Waals surface area (Å²) >= 11 is 0. The lowest BCUT2D eigenvalue weighted by Gasteiger charge is -2.19. The summed E-state index contributed by atoms with van der Waals surface area (Å²) in [6.07, 6.45) is 0. The first-order valence-corrected chi connectivity index (χ1v) is 7.78. The van der Waals surface area contributed by atoms with Gasteiger partial charge in [-0.3, -0.25) is 4.79 Å². The van der Waals surface area contributed by atoms with Gasteiger partial charge in [0.25, 0.3) is 5.91 Å². The molecule has 0 aliphatic carbocycles. The van der Waals surface area contributed by atoms with E-state index in [9.17, 15) is 4.79 Å². The van der Waals surface area contributed by atoms with Crippen LogP contribution in [0.5, 0.6) is 23.0 Å². The summed E-state index contributed by atoms with van der Waals surface area (Å²) < 4.78 is 21.1. The molecule has 0 radical (unpaired) electrons. The van der Waals surface area contributed by atoms with Crippen molar-refractivity contribution in [1.29, 1.82) is 0 Å². The molecule has 0 fully saturated rings. The largest absolute Gasteiger partial charge is 0.497 e. The van der Waals surface area contributed by atoms with Crippen LogP contribution < -0.4 is 24.3 Å². The van der Waals surface area contributed by atoms with E-state index in [1.165, 1.54) is 7.11 Å². The third-order valence-corrected chi connectivity index (χ3v) is 3.90. The van der Waals surface area contributed by atoms with Crippen molar-refractivity contribution in [3.05, 3.63) is 47.5 Å². The highest BCUT2D eigenvalue weighted by atomic mass is 16.5. The van der Waals surface area contributed by atoms with Gasteiger partial charge in [0.05, 0.1) is 40.0 Å². The summed E-state index contributed by atoms with van der Waals surface area (Å²) in [4.78, 5) is 12.7. The zero-order valence-electron chi connectivity index (χ0n) is 15.1. The smallest absolute Gasteiger partial charge is 0.255 e. The minimum absolute atomic E-state index is 0.253. The fourth-order valence-corrected chi connectivity index (χ4v) is 2.52. The van der Waals surface area contributed by atoms with Gasteiger partial charge in [-0.1, -0.05) is 0 Å². The molecule has 2 rings (SSSR count). The summed E-state index contributed by atoms with van der Waals surface area (Å²) in [5.41, 5.74) is 1.25. The fraction of sp³-hybridized carbons (Fsp3) is 0.316. The van der Waals surface area contributed by atoms with Crippen LogP contribution in [-0.2, 0) is 0 Å². The molecule has 0 aliphatic rings. The monoisotopic (exact) mass is 345 g/mol. The number of hydrogen-bond acceptors (Lipinski definition) is 5. The molecule has 2 aromatic carbocycles. The number of hydrogen-bond donors (Lipinski definition) is 1. The fourth-order valence-electron chi connectivity index (χ4n) is 2.52. The van der Waals surface area contributed by atoms with E-state index >= 15 is 0 Å². The molecule has 0 unspecified atom stereocenters. The Hall–Kier alpha value is -2.89. The van der Waals surface area contributed by atoms with Crippen LogP contribution in [0.2, 0.25) is 0 Å². The van der Waals surface area contributed by atoms with Gasteiger partial charge in [0.2, 0.25) is 0 Å². The van der Waals surface area contributed by atoms with Crippen LogP contribution in [0.3, 0.4) is 0 Å². The lowest BCUT2D eigenvalue weighted by Crippen LogP contribution is -2.27. The standard InChI is InChI=1S/C19H23NO5/c1-12(16-10-13(22-2)7-9-17(16)24-4)20-19(21)15-8-6-14(23-3)11-18(15)25-5/h6-12H,1-5H3,(H,20,21)/t12-/m0/s1. The van der Waals surface area contributed by atoms with E-state index in [2.05, 4.69) is 5.32 Å². The van der Waals surface area contributed by atoms with Gasteiger partial charge in [-0.15, -0.1) is 0 Å². The maximum absolute atomic E-state index is 12.7. The topological polar surface area (TPSA) is 66.0 Å². The van der Waals surface area contributed by atoms with Crippen LogP contribution in [0.4, 0.5) is 0 Å². The van der Waals surface area contributed by atoms with Crippen molar-refractivity contribution in [1.82, 2.24) is 5.32 Å². The van der Waals surface area contributed by atoms with E-state index in [0.717, 1.165) is 5.56 Å². The number of ether oxygens (including phenoxy) is 4. The first-order chi connectivity index (χ1) is 12.0. The predicted molar refractivity (Wildman–Crippen MR) is 95.0 cm³/mol. The second kappa shape index (κ2) is 8.28. The Bertz CT molecular complexity index is 745. The molecule has 1 atom stereocenters. The van der Waals surface area contributed by atoms with E-state index in [1.807, 2.05) is 25.1 Å². The van der Waals surface area contributed by atoms with Crippen LogP contribution in [0.15, 0.2) is 36.4 Å². The summed E-state index contributed by atoms with van der Waals surface area (Å²) in [5.74, 6) is 2.18. The van der Waals surface area contributed by atoms with E-state index in [-0.39, 0.29) is 11.9 Å². The predicted octanol–water partition coefficient (Wildman–Crippen LogP) is 3.21. The van der Waals surface area contributed by atoms with Crippen molar-refractivity contribution >= 4 is 5.91 Å². The SMILES string of the molecule is COc1ccc(C(=O)N[C@@H](C)c2cc(OC)ccc2OC)c(OC)c1. The van der Waals surface area contributed by atoms with Crippen LogP contribution in [0, 0.1) is 0 Å². The quantitative estimate of drug-likeness (QED) is 0.835. The molecule has 134 valence electrons. The van der Waals surface area contributed by atoms with Gasteiger partial charge in [-0.25, -0.2) is 0 Å². The van der Waals surface area contributed by atoms with Crippen molar-refractivity contribution in [2.45, 2.75) is 13.0 Å². The number of methoxy groups -OCH3 is 4. The molecule has 25 heavy (non-hydrogen) atoms. The lowest BCUT2D eigenvalue weighted by molar-refractivity contribution is 0.0936. The van der Waals surface area contributed by atoms with Crippen molar-refractivity contribution < 1.29 is 23.7 Å². The van der Waals surface area contributed by atoms with E-state index in [4.69, 9.17) is 18.9 Å². The van der Waals surface area contributed by atoms with Crippen LogP contribution in [0.25, 0.3) is 0 Å². The van der Waals surface area contributed by atoms with Crippen LogP contribution in [-0.4, -0.2) is 34.3 Å². The molecule has 1 N–H and O–H groups in total. The molecule has 0 bridgehead atoms. The summed E-state index contributed by atoms with van der Waals surface area (Å²) in [6, 6.07) is 10.2. The molecular formula is C19H23NO5. The number of carbonyl (C=O) groups is 1. The summed E-state index contributed by atoms with van der Waals surface area (Å²) in [7, 11) is 6.26. The Balaban J connectivity index is 2.26. The molecule has 0 heterocycles. The minimum Gasteiger partial charge on any atom is -0.497 e. The minimum atomic E-state index is -0.288. The average molecular weight is 345 g/mol. The lowest BCUT2D eigenvalue weighted by atomic mass is 10.1. The Morgan fingerprint density at radius 2 is 1.44 bits per heavy atom. The van der Waals surface area contributed by atoms with Crippen molar-refractivity contribution in [2.75, 3.05) is 28.4 Å². The molecule has 0 saturated heterocycles. The number of amides is 1. The molecule has 0 aliphatic heterocycles. The molecular weight excluding hydrogens is 322 g/mol. The second-order valence-corrected chi connectivity index (χ2v) is 5.37. The van der Waals surface area contributed by atoms with Crippen LogP contribution in [0.1, 0.15) is 28.9 Å². The first kappa shape index (κ1) is 18.4. The molecule has 6 nitrogen and oxygen atoms in total. The Morgan fingerprint density at radius 1 is 0.840 bits per heavy atom. The average Bonchev–Trinajstić information content (AvgIpc) is 2.66. The zero-order chi connectivity index (χ0) is 18.4. The Labute approximate surface area is 147 Å². The summed E-state index contributed by atoms with van der Waals surface area (Å²) in [6.45, 7) is 1.88. The molecule has 2 aromatic rings. The second-order valence-electron chi connectivity index (χ2n) is 5.37. The molecule has 6 heteroatoms. The Kier molecular flexibility index (Phi) is 6.11. The van der Waals surface area contributed by atoms with Gasteiger partial charge in [0.1, 0.15) is 23.0 Å². The van der Waals surface area contributed by atoms with Gasteiger partial charge >= 0.3 is 0 Å². The van der Waals surface area contributed by atoms with Gasteiger partial charge < -0.3 is 24.3 Å². The van der Waals surface area contributed by atoms with Crippen LogP contribution >= 0.6 is 0 Å². The van der Waals surface area contributed by atoms with Crippen molar-refractivity contribution in [3.63, 3.8) is 0 Å². The van der Waals surface area contributed by atoms with Gasteiger partial charge in [-0.2, -0.15) is 0 Å².